The van der Waals surface area contributed by atoms with Crippen LogP contribution in [0.1, 0.15) is 0 Å². The van der Waals surface area contributed by atoms with Crippen molar-refractivity contribution in [2.45, 2.75) is 0 Å². The molecule has 105 valence electrons. The number of benzene rings is 2. The third-order valence-corrected chi connectivity index (χ3v) is 3.93. The molecule has 4 rings (SSSR count). The van der Waals surface area contributed by atoms with Crippen LogP contribution in [-0.4, -0.2) is 36.1 Å². The summed E-state index contributed by atoms with van der Waals surface area (Å²) in [5, 5.41) is 4.40. The summed E-state index contributed by atoms with van der Waals surface area (Å²) >= 11 is 0. The Balaban J connectivity index is 1.71. The minimum atomic E-state index is 0.925. The zero-order chi connectivity index (χ0) is 14.1. The SMILES string of the molecule is c1cc(-c2nc3ccccc3[nH]2)cc(N2CC[N]CC2)c1. The van der Waals surface area contributed by atoms with Crippen molar-refractivity contribution in [1.29, 1.82) is 0 Å². The van der Waals surface area contributed by atoms with Crippen LogP contribution in [0.2, 0.25) is 0 Å². The lowest BCUT2D eigenvalue weighted by atomic mass is 10.1. The van der Waals surface area contributed by atoms with Gasteiger partial charge in [-0.3, -0.25) is 0 Å². The zero-order valence-corrected chi connectivity index (χ0v) is 11.8. The molecule has 1 aliphatic heterocycles. The van der Waals surface area contributed by atoms with E-state index in [9.17, 15) is 0 Å². The molecule has 0 aliphatic carbocycles. The van der Waals surface area contributed by atoms with E-state index in [1.165, 1.54) is 5.69 Å². The Morgan fingerprint density at radius 1 is 0.952 bits per heavy atom. The number of nitrogens with zero attached hydrogens (tertiary/aromatic N) is 3. The highest BCUT2D eigenvalue weighted by Gasteiger charge is 2.12. The van der Waals surface area contributed by atoms with Crippen LogP contribution in [0.3, 0.4) is 0 Å². The average Bonchev–Trinajstić information content (AvgIpc) is 3.00. The first-order valence-corrected chi connectivity index (χ1v) is 7.33. The van der Waals surface area contributed by atoms with E-state index in [4.69, 9.17) is 0 Å². The number of hydrogen-bond donors (Lipinski definition) is 1. The van der Waals surface area contributed by atoms with Crippen molar-refractivity contribution in [1.82, 2.24) is 15.3 Å². The van der Waals surface area contributed by atoms with E-state index in [-0.39, 0.29) is 0 Å². The molecule has 0 spiro atoms. The second kappa shape index (κ2) is 5.22. The van der Waals surface area contributed by atoms with Gasteiger partial charge in [0.05, 0.1) is 11.0 Å². The molecule has 1 radical (unpaired) electrons. The number of anilines is 1. The number of aromatic amines is 1. The Kier molecular flexibility index (Phi) is 3.09. The van der Waals surface area contributed by atoms with Crippen molar-refractivity contribution in [2.75, 3.05) is 31.1 Å². The minimum Gasteiger partial charge on any atom is -0.369 e. The van der Waals surface area contributed by atoms with Gasteiger partial charge < -0.3 is 9.88 Å². The zero-order valence-electron chi connectivity index (χ0n) is 11.8. The van der Waals surface area contributed by atoms with Crippen LogP contribution in [0, 0.1) is 0 Å². The van der Waals surface area contributed by atoms with E-state index in [0.29, 0.717) is 0 Å². The maximum Gasteiger partial charge on any atom is 0.138 e. The maximum atomic E-state index is 4.68. The van der Waals surface area contributed by atoms with Crippen LogP contribution >= 0.6 is 0 Å². The number of nitrogens with one attached hydrogen (secondary N) is 1. The van der Waals surface area contributed by atoms with Gasteiger partial charge in [0.15, 0.2) is 0 Å². The number of piperazine rings is 1. The fraction of sp³-hybridized carbons (Fsp3) is 0.235. The van der Waals surface area contributed by atoms with Crippen LogP contribution < -0.4 is 10.2 Å². The lowest BCUT2D eigenvalue weighted by Crippen LogP contribution is -2.40. The number of rotatable bonds is 2. The van der Waals surface area contributed by atoms with Crippen molar-refractivity contribution in [3.8, 4) is 11.4 Å². The van der Waals surface area contributed by atoms with E-state index in [1.807, 2.05) is 18.2 Å². The Morgan fingerprint density at radius 3 is 2.67 bits per heavy atom. The second-order valence-corrected chi connectivity index (χ2v) is 5.31. The molecule has 2 heterocycles. The Hall–Kier alpha value is -2.33. The van der Waals surface area contributed by atoms with Crippen LogP contribution in [0.15, 0.2) is 48.5 Å². The molecule has 1 saturated heterocycles. The molecule has 0 bridgehead atoms. The van der Waals surface area contributed by atoms with E-state index in [0.717, 1.165) is 48.6 Å². The predicted molar refractivity (Wildman–Crippen MR) is 85.6 cm³/mol. The standard InChI is InChI=1S/C17H17N4/c1-2-7-16-15(6-1)19-17(20-16)13-4-3-5-14(12-13)21-10-8-18-9-11-21/h1-7,12H,8-11H2,(H,19,20). The summed E-state index contributed by atoms with van der Waals surface area (Å²) in [7, 11) is 0. The molecule has 0 amide bonds. The van der Waals surface area contributed by atoms with Crippen LogP contribution in [0.4, 0.5) is 5.69 Å². The van der Waals surface area contributed by atoms with Gasteiger partial charge in [-0.1, -0.05) is 24.3 Å². The number of imidazole rings is 1. The van der Waals surface area contributed by atoms with Crippen molar-refractivity contribution >= 4 is 16.7 Å². The highest BCUT2D eigenvalue weighted by atomic mass is 15.2. The topological polar surface area (TPSA) is 46.0 Å². The minimum absolute atomic E-state index is 0.925. The van der Waals surface area contributed by atoms with Crippen LogP contribution in [-0.2, 0) is 0 Å². The second-order valence-electron chi connectivity index (χ2n) is 5.31. The Bertz CT molecular complexity index is 723. The lowest BCUT2D eigenvalue weighted by Gasteiger charge is -2.28. The molecule has 3 aromatic rings. The summed E-state index contributed by atoms with van der Waals surface area (Å²) in [6.45, 7) is 3.86. The summed E-state index contributed by atoms with van der Waals surface area (Å²) in [6, 6.07) is 16.7. The smallest absolute Gasteiger partial charge is 0.138 e. The number of H-pyrrole nitrogens is 1. The van der Waals surface area contributed by atoms with Gasteiger partial charge in [0.1, 0.15) is 5.82 Å². The third kappa shape index (κ3) is 2.38. The monoisotopic (exact) mass is 277 g/mol. The number of aromatic nitrogens is 2. The first-order valence-electron chi connectivity index (χ1n) is 7.33. The van der Waals surface area contributed by atoms with E-state index in [1.54, 1.807) is 0 Å². The molecule has 0 saturated carbocycles. The highest BCUT2D eigenvalue weighted by Crippen LogP contribution is 2.25. The molecule has 1 aliphatic rings. The molecular weight excluding hydrogens is 260 g/mol. The van der Waals surface area contributed by atoms with Gasteiger partial charge in [-0.2, -0.15) is 0 Å². The van der Waals surface area contributed by atoms with Crippen molar-refractivity contribution in [3.63, 3.8) is 0 Å². The Labute approximate surface area is 123 Å². The van der Waals surface area contributed by atoms with Crippen LogP contribution in [0.5, 0.6) is 0 Å². The molecule has 4 nitrogen and oxygen atoms in total. The molecule has 2 aromatic carbocycles. The van der Waals surface area contributed by atoms with Crippen LogP contribution in [0.25, 0.3) is 22.4 Å². The molecule has 21 heavy (non-hydrogen) atoms. The summed E-state index contributed by atoms with van der Waals surface area (Å²) in [5.41, 5.74) is 4.47. The fourth-order valence-electron chi connectivity index (χ4n) is 2.80. The summed E-state index contributed by atoms with van der Waals surface area (Å²) < 4.78 is 0. The largest absolute Gasteiger partial charge is 0.369 e. The van der Waals surface area contributed by atoms with Crippen molar-refractivity contribution in [3.05, 3.63) is 48.5 Å². The van der Waals surface area contributed by atoms with E-state index >= 15 is 0 Å². The normalized spacial score (nSPS) is 15.5. The highest BCUT2D eigenvalue weighted by molar-refractivity contribution is 5.79. The number of fused-ring (bicyclic) bond motifs is 1. The average molecular weight is 277 g/mol. The first-order chi connectivity index (χ1) is 10.4. The molecule has 1 fully saturated rings. The van der Waals surface area contributed by atoms with Crippen molar-refractivity contribution < 1.29 is 0 Å². The quantitative estimate of drug-likeness (QED) is 0.782. The molecule has 0 atom stereocenters. The first kappa shape index (κ1) is 12.4. The van der Waals surface area contributed by atoms with Gasteiger partial charge in [-0.15, -0.1) is 0 Å². The van der Waals surface area contributed by atoms with E-state index < -0.39 is 0 Å². The van der Waals surface area contributed by atoms with Gasteiger partial charge in [-0.25, -0.2) is 10.3 Å². The summed E-state index contributed by atoms with van der Waals surface area (Å²) in [5.74, 6) is 0.930. The van der Waals surface area contributed by atoms with Crippen molar-refractivity contribution in [2.24, 2.45) is 0 Å². The summed E-state index contributed by atoms with van der Waals surface area (Å²) in [6.07, 6.45) is 0. The van der Waals surface area contributed by atoms with Gasteiger partial charge in [-0.05, 0) is 24.3 Å². The molecule has 4 heteroatoms. The lowest BCUT2D eigenvalue weighted by molar-refractivity contribution is 0.579. The molecule has 0 unspecified atom stereocenters. The molecule has 1 aromatic heterocycles. The molecular formula is C17H17N4. The number of para-hydroxylation sites is 2. The third-order valence-electron chi connectivity index (χ3n) is 3.93. The van der Waals surface area contributed by atoms with Gasteiger partial charge in [0, 0.05) is 37.4 Å². The maximum absolute atomic E-state index is 4.68. The van der Waals surface area contributed by atoms with Gasteiger partial charge in [0.2, 0.25) is 0 Å². The van der Waals surface area contributed by atoms with Gasteiger partial charge in [0.25, 0.3) is 0 Å². The van der Waals surface area contributed by atoms with E-state index in [2.05, 4.69) is 50.5 Å². The van der Waals surface area contributed by atoms with Gasteiger partial charge >= 0.3 is 0 Å². The molecule has 1 N–H and O–H groups in total. The Morgan fingerprint density at radius 2 is 1.81 bits per heavy atom. The summed E-state index contributed by atoms with van der Waals surface area (Å²) in [4.78, 5) is 10.5. The fourth-order valence-corrected chi connectivity index (χ4v) is 2.80. The predicted octanol–water partition coefficient (Wildman–Crippen LogP) is 2.65. The number of hydrogen-bond acceptors (Lipinski definition) is 2.